The minimum atomic E-state index is 0.00621. The van der Waals surface area contributed by atoms with E-state index in [0.717, 1.165) is 65.0 Å². The van der Waals surface area contributed by atoms with Crippen molar-refractivity contribution in [1.82, 2.24) is 20.4 Å². The van der Waals surface area contributed by atoms with Crippen LogP contribution < -0.4 is 10.6 Å². The van der Waals surface area contributed by atoms with Gasteiger partial charge in [0.1, 0.15) is 0 Å². The molecule has 2 aliphatic rings. The van der Waals surface area contributed by atoms with Crippen molar-refractivity contribution in [2.45, 2.75) is 51.6 Å². The van der Waals surface area contributed by atoms with Crippen LogP contribution in [0.5, 0.6) is 0 Å². The Morgan fingerprint density at radius 2 is 1.17 bits per heavy atom. The molecule has 0 aliphatic carbocycles. The fraction of sp³-hybridized carbons (Fsp3) is 0.737. The van der Waals surface area contributed by atoms with Gasteiger partial charge >= 0.3 is 6.03 Å². The summed E-state index contributed by atoms with van der Waals surface area (Å²) in [5, 5.41) is 6.31. The van der Waals surface area contributed by atoms with Crippen LogP contribution in [-0.4, -0.2) is 67.2 Å². The van der Waals surface area contributed by atoms with E-state index in [1.54, 1.807) is 0 Å². The number of piperidine rings is 2. The lowest BCUT2D eigenvalue weighted by atomic mass is 10.0. The summed E-state index contributed by atoms with van der Waals surface area (Å²) in [4.78, 5) is 17.0. The van der Waals surface area contributed by atoms with Gasteiger partial charge in [0, 0.05) is 51.4 Å². The Bertz CT molecular complexity index is 406. The number of carbonyl (C=O) groups is 1. The lowest BCUT2D eigenvalue weighted by molar-refractivity contribution is 0.188. The van der Waals surface area contributed by atoms with Crippen molar-refractivity contribution in [2.75, 3.05) is 39.3 Å². The Morgan fingerprint density at radius 1 is 0.833 bits per heavy atom. The van der Waals surface area contributed by atoms with Crippen molar-refractivity contribution in [3.05, 3.63) is 24.3 Å². The third kappa shape index (κ3) is 6.65. The van der Waals surface area contributed by atoms with Gasteiger partial charge in [0.25, 0.3) is 0 Å². The molecule has 0 atom stereocenters. The van der Waals surface area contributed by atoms with Crippen LogP contribution in [0.3, 0.4) is 0 Å². The number of carbonyl (C=O) groups excluding carboxylic acids is 1. The van der Waals surface area contributed by atoms with E-state index in [9.17, 15) is 4.79 Å². The second-order valence-corrected chi connectivity index (χ2v) is 7.63. The van der Waals surface area contributed by atoms with Gasteiger partial charge in [-0.1, -0.05) is 24.3 Å². The van der Waals surface area contributed by atoms with Gasteiger partial charge in [0.15, 0.2) is 0 Å². The molecule has 2 aliphatic heterocycles. The predicted octanol–water partition coefficient (Wildman–Crippen LogP) is 2.37. The van der Waals surface area contributed by atoms with E-state index in [1.807, 2.05) is 0 Å². The molecule has 5 heteroatoms. The zero-order valence-corrected chi connectivity index (χ0v) is 15.4. The van der Waals surface area contributed by atoms with Gasteiger partial charge in [-0.2, -0.15) is 0 Å². The standard InChI is InChI=1S/C19H34N4O/c1-15(2)13-22-9-5-17(6-10-22)20-19(24)21-18-7-11-23(12-8-18)14-16(3)4/h17-18H,1,3,5-14H2,2,4H3,(H2,20,21,24). The quantitative estimate of drug-likeness (QED) is 0.733. The number of hydrogen-bond donors (Lipinski definition) is 2. The van der Waals surface area contributed by atoms with E-state index < -0.39 is 0 Å². The van der Waals surface area contributed by atoms with Crippen LogP contribution in [-0.2, 0) is 0 Å². The molecule has 5 nitrogen and oxygen atoms in total. The van der Waals surface area contributed by atoms with Gasteiger partial charge in [-0.3, -0.25) is 9.80 Å². The van der Waals surface area contributed by atoms with Gasteiger partial charge in [-0.25, -0.2) is 4.79 Å². The molecule has 2 rings (SSSR count). The Kier molecular flexibility index (Phi) is 7.31. The topological polar surface area (TPSA) is 47.6 Å². The molecule has 2 fully saturated rings. The molecular weight excluding hydrogens is 300 g/mol. The molecule has 2 N–H and O–H groups in total. The number of nitrogens with zero attached hydrogens (tertiary/aromatic N) is 2. The highest BCUT2D eigenvalue weighted by atomic mass is 16.2. The van der Waals surface area contributed by atoms with Crippen LogP contribution in [0.25, 0.3) is 0 Å². The number of amides is 2. The number of urea groups is 1. The highest BCUT2D eigenvalue weighted by Crippen LogP contribution is 2.13. The van der Waals surface area contributed by atoms with Crippen molar-refractivity contribution < 1.29 is 4.79 Å². The van der Waals surface area contributed by atoms with E-state index in [4.69, 9.17) is 0 Å². The maximum atomic E-state index is 12.2. The molecule has 2 amide bonds. The third-order valence-electron chi connectivity index (χ3n) is 4.83. The molecular formula is C19H34N4O. The van der Waals surface area contributed by atoms with Crippen molar-refractivity contribution in [2.24, 2.45) is 0 Å². The largest absolute Gasteiger partial charge is 0.335 e. The first-order chi connectivity index (χ1) is 11.4. The van der Waals surface area contributed by atoms with Gasteiger partial charge in [0.05, 0.1) is 0 Å². The lowest BCUT2D eigenvalue weighted by Crippen LogP contribution is -2.52. The predicted molar refractivity (Wildman–Crippen MR) is 100 cm³/mol. The number of likely N-dealkylation sites (tertiary alicyclic amines) is 2. The molecule has 2 heterocycles. The van der Waals surface area contributed by atoms with Crippen LogP contribution >= 0.6 is 0 Å². The van der Waals surface area contributed by atoms with Crippen molar-refractivity contribution in [1.29, 1.82) is 0 Å². The first kappa shape index (κ1) is 19.0. The molecule has 0 aromatic carbocycles. The lowest BCUT2D eigenvalue weighted by Gasteiger charge is -2.34. The molecule has 0 spiro atoms. The molecule has 0 saturated carbocycles. The maximum absolute atomic E-state index is 12.2. The van der Waals surface area contributed by atoms with E-state index in [1.165, 1.54) is 11.1 Å². The number of nitrogens with one attached hydrogen (secondary N) is 2. The number of hydrogen-bond acceptors (Lipinski definition) is 3. The van der Waals surface area contributed by atoms with Crippen LogP contribution in [0.15, 0.2) is 24.3 Å². The van der Waals surface area contributed by atoms with Crippen LogP contribution in [0.4, 0.5) is 4.79 Å². The minimum Gasteiger partial charge on any atom is -0.335 e. The Balaban J connectivity index is 1.62. The van der Waals surface area contributed by atoms with Crippen molar-refractivity contribution >= 4 is 6.03 Å². The third-order valence-corrected chi connectivity index (χ3v) is 4.83. The fourth-order valence-electron chi connectivity index (χ4n) is 3.65. The molecule has 0 aromatic heterocycles. The summed E-state index contributed by atoms with van der Waals surface area (Å²) >= 11 is 0. The van der Waals surface area contributed by atoms with Crippen LogP contribution in [0.1, 0.15) is 39.5 Å². The van der Waals surface area contributed by atoms with Crippen molar-refractivity contribution in [3.8, 4) is 0 Å². The van der Waals surface area contributed by atoms with E-state index in [2.05, 4.69) is 47.4 Å². The highest BCUT2D eigenvalue weighted by molar-refractivity contribution is 5.74. The SMILES string of the molecule is C=C(C)CN1CCC(NC(=O)NC2CCN(CC(=C)C)CC2)CC1. The van der Waals surface area contributed by atoms with E-state index in [0.29, 0.717) is 12.1 Å². The molecule has 0 radical (unpaired) electrons. The molecule has 24 heavy (non-hydrogen) atoms. The smallest absolute Gasteiger partial charge is 0.315 e. The van der Waals surface area contributed by atoms with Gasteiger partial charge < -0.3 is 10.6 Å². The fourth-order valence-corrected chi connectivity index (χ4v) is 3.65. The summed E-state index contributed by atoms with van der Waals surface area (Å²) < 4.78 is 0. The minimum absolute atomic E-state index is 0.00621. The normalized spacial score (nSPS) is 21.4. The highest BCUT2D eigenvalue weighted by Gasteiger charge is 2.23. The Labute approximate surface area is 147 Å². The Hall–Kier alpha value is -1.33. The first-order valence-corrected chi connectivity index (χ1v) is 9.23. The second-order valence-electron chi connectivity index (χ2n) is 7.63. The summed E-state index contributed by atoms with van der Waals surface area (Å²) in [6, 6.07) is 0.608. The maximum Gasteiger partial charge on any atom is 0.315 e. The van der Waals surface area contributed by atoms with Crippen LogP contribution in [0, 0.1) is 0 Å². The van der Waals surface area contributed by atoms with Crippen molar-refractivity contribution in [3.63, 3.8) is 0 Å². The number of rotatable bonds is 6. The van der Waals surface area contributed by atoms with Crippen LogP contribution in [0.2, 0.25) is 0 Å². The van der Waals surface area contributed by atoms with Gasteiger partial charge in [-0.15, -0.1) is 0 Å². The molecule has 0 bridgehead atoms. The van der Waals surface area contributed by atoms with Gasteiger partial charge in [0.2, 0.25) is 0 Å². The Morgan fingerprint density at radius 3 is 1.46 bits per heavy atom. The summed E-state index contributed by atoms with van der Waals surface area (Å²) in [6.45, 7) is 18.2. The van der Waals surface area contributed by atoms with E-state index >= 15 is 0 Å². The molecule has 0 unspecified atom stereocenters. The summed E-state index contributed by atoms with van der Waals surface area (Å²) in [5.41, 5.74) is 2.41. The average Bonchev–Trinajstić information content (AvgIpc) is 2.50. The molecule has 2 saturated heterocycles. The summed E-state index contributed by atoms with van der Waals surface area (Å²) in [6.07, 6.45) is 4.10. The summed E-state index contributed by atoms with van der Waals surface area (Å²) in [5.74, 6) is 0. The van der Waals surface area contributed by atoms with Gasteiger partial charge in [-0.05, 0) is 39.5 Å². The summed E-state index contributed by atoms with van der Waals surface area (Å²) in [7, 11) is 0. The second kappa shape index (κ2) is 9.23. The van der Waals surface area contributed by atoms with E-state index in [-0.39, 0.29) is 6.03 Å². The average molecular weight is 335 g/mol. The molecule has 136 valence electrons. The first-order valence-electron chi connectivity index (χ1n) is 9.23. The monoisotopic (exact) mass is 334 g/mol. The molecule has 0 aromatic rings. The zero-order valence-electron chi connectivity index (χ0n) is 15.4. The zero-order chi connectivity index (χ0) is 17.5.